The van der Waals surface area contributed by atoms with Crippen LogP contribution >= 0.6 is 35.3 Å². The molecule has 1 fully saturated rings. The lowest BCUT2D eigenvalue weighted by molar-refractivity contribution is 0.485. The van der Waals surface area contributed by atoms with E-state index in [1.165, 1.54) is 48.4 Å². The van der Waals surface area contributed by atoms with Gasteiger partial charge < -0.3 is 10.2 Å². The summed E-state index contributed by atoms with van der Waals surface area (Å²) in [7, 11) is 1.90. The zero-order valence-electron chi connectivity index (χ0n) is 16.7. The highest BCUT2D eigenvalue weighted by Crippen LogP contribution is 2.28. The summed E-state index contributed by atoms with van der Waals surface area (Å²) < 4.78 is 0. The predicted octanol–water partition coefficient (Wildman–Crippen LogP) is 4.64. The fourth-order valence-corrected chi connectivity index (χ4v) is 5.43. The van der Waals surface area contributed by atoms with Gasteiger partial charge in [0, 0.05) is 43.9 Å². The standard InChI is InChI=1S/C22H30N4S.HI/c1-23-22(26-15-13-18(16-26)17-8-3-2-4-9-17)24-14-7-12-21-25-19-10-5-6-11-20(19)27-21;/h2-4,8-9,18H,5-7,10-16H2,1H3,(H,23,24);1H. The second-order valence-corrected chi connectivity index (χ2v) is 8.77. The first-order valence-electron chi connectivity index (χ1n) is 10.3. The minimum Gasteiger partial charge on any atom is -0.356 e. The third-order valence-corrected chi connectivity index (χ3v) is 6.93. The molecule has 2 aromatic rings. The van der Waals surface area contributed by atoms with Crippen molar-refractivity contribution in [3.8, 4) is 0 Å². The fraction of sp³-hybridized carbons (Fsp3) is 0.545. The molecule has 1 aliphatic heterocycles. The molecule has 4 nitrogen and oxygen atoms in total. The summed E-state index contributed by atoms with van der Waals surface area (Å²) in [5.74, 6) is 1.67. The third kappa shape index (κ3) is 5.26. The number of guanidine groups is 1. The molecule has 0 spiro atoms. The second-order valence-electron chi connectivity index (χ2n) is 7.60. The quantitative estimate of drug-likeness (QED) is 0.276. The fourth-order valence-electron chi connectivity index (χ4n) is 4.23. The van der Waals surface area contributed by atoms with E-state index in [1.54, 1.807) is 4.88 Å². The van der Waals surface area contributed by atoms with Crippen LogP contribution in [0.3, 0.4) is 0 Å². The van der Waals surface area contributed by atoms with Gasteiger partial charge in [-0.3, -0.25) is 4.99 Å². The Kier molecular flexibility index (Phi) is 8.14. The van der Waals surface area contributed by atoms with Gasteiger partial charge in [0.2, 0.25) is 0 Å². The SMILES string of the molecule is CN=C(NCCCc1nc2c(s1)CCCC2)N1CCC(c2ccccc2)C1.I. The smallest absolute Gasteiger partial charge is 0.193 e. The normalized spacial score (nSPS) is 19.2. The van der Waals surface area contributed by atoms with Gasteiger partial charge in [-0.25, -0.2) is 4.98 Å². The van der Waals surface area contributed by atoms with E-state index in [0.717, 1.165) is 38.4 Å². The first-order chi connectivity index (χ1) is 13.3. The van der Waals surface area contributed by atoms with Crippen LogP contribution in [0.25, 0.3) is 0 Å². The van der Waals surface area contributed by atoms with Crippen molar-refractivity contribution in [2.75, 3.05) is 26.7 Å². The summed E-state index contributed by atoms with van der Waals surface area (Å²) in [6.45, 7) is 3.10. The van der Waals surface area contributed by atoms with E-state index in [9.17, 15) is 0 Å². The number of benzene rings is 1. The van der Waals surface area contributed by atoms with Gasteiger partial charge >= 0.3 is 0 Å². The van der Waals surface area contributed by atoms with Crippen molar-refractivity contribution < 1.29 is 0 Å². The molecule has 2 aliphatic rings. The summed E-state index contributed by atoms with van der Waals surface area (Å²) in [5, 5.41) is 4.89. The maximum atomic E-state index is 4.86. The van der Waals surface area contributed by atoms with E-state index in [-0.39, 0.29) is 24.0 Å². The first kappa shape index (κ1) is 21.6. The van der Waals surface area contributed by atoms with Crippen LogP contribution in [0.2, 0.25) is 0 Å². The molecule has 1 unspecified atom stereocenters. The number of hydrogen-bond acceptors (Lipinski definition) is 3. The molecule has 1 saturated heterocycles. The summed E-state index contributed by atoms with van der Waals surface area (Å²) in [6, 6.07) is 10.9. The van der Waals surface area contributed by atoms with Crippen molar-refractivity contribution in [2.45, 2.75) is 50.9 Å². The number of aliphatic imine (C=N–C) groups is 1. The number of halogens is 1. The lowest BCUT2D eigenvalue weighted by Gasteiger charge is -2.21. The van der Waals surface area contributed by atoms with Crippen molar-refractivity contribution in [2.24, 2.45) is 4.99 Å². The number of aromatic nitrogens is 1. The number of fused-ring (bicyclic) bond motifs is 1. The minimum absolute atomic E-state index is 0. The van der Waals surface area contributed by atoms with Crippen LogP contribution in [-0.2, 0) is 19.3 Å². The van der Waals surface area contributed by atoms with Crippen molar-refractivity contribution >= 4 is 41.3 Å². The van der Waals surface area contributed by atoms with Crippen molar-refractivity contribution in [1.82, 2.24) is 15.2 Å². The molecule has 1 aliphatic carbocycles. The van der Waals surface area contributed by atoms with Crippen LogP contribution in [0.15, 0.2) is 35.3 Å². The highest BCUT2D eigenvalue weighted by Gasteiger charge is 2.25. The highest BCUT2D eigenvalue weighted by molar-refractivity contribution is 14.0. The van der Waals surface area contributed by atoms with Crippen LogP contribution < -0.4 is 5.32 Å². The van der Waals surface area contributed by atoms with Crippen LogP contribution in [-0.4, -0.2) is 42.5 Å². The van der Waals surface area contributed by atoms with E-state index in [1.807, 2.05) is 18.4 Å². The Morgan fingerprint density at radius 1 is 1.25 bits per heavy atom. The maximum absolute atomic E-state index is 4.86. The predicted molar refractivity (Wildman–Crippen MR) is 129 cm³/mol. The van der Waals surface area contributed by atoms with Gasteiger partial charge in [0.15, 0.2) is 5.96 Å². The lowest BCUT2D eigenvalue weighted by Crippen LogP contribution is -2.40. The summed E-state index contributed by atoms with van der Waals surface area (Å²) >= 11 is 1.94. The molecule has 152 valence electrons. The van der Waals surface area contributed by atoms with Gasteiger partial charge in [0.25, 0.3) is 0 Å². The van der Waals surface area contributed by atoms with Crippen molar-refractivity contribution in [3.63, 3.8) is 0 Å². The Labute approximate surface area is 189 Å². The number of likely N-dealkylation sites (tertiary alicyclic amines) is 1. The van der Waals surface area contributed by atoms with E-state index >= 15 is 0 Å². The maximum Gasteiger partial charge on any atom is 0.193 e. The van der Waals surface area contributed by atoms with Crippen molar-refractivity contribution in [3.05, 3.63) is 51.5 Å². The molecule has 4 rings (SSSR count). The summed E-state index contributed by atoms with van der Waals surface area (Å²) in [6.07, 6.45) is 8.48. The Bertz CT molecular complexity index is 751. The largest absolute Gasteiger partial charge is 0.356 e. The molecule has 0 amide bonds. The Balaban J connectivity index is 0.00000225. The van der Waals surface area contributed by atoms with Gasteiger partial charge in [0.1, 0.15) is 0 Å². The van der Waals surface area contributed by atoms with E-state index in [0.29, 0.717) is 5.92 Å². The summed E-state index contributed by atoms with van der Waals surface area (Å²) in [5.41, 5.74) is 2.83. The topological polar surface area (TPSA) is 40.5 Å². The second kappa shape index (κ2) is 10.6. The van der Waals surface area contributed by atoms with E-state index < -0.39 is 0 Å². The van der Waals surface area contributed by atoms with Crippen LogP contribution in [0.4, 0.5) is 0 Å². The van der Waals surface area contributed by atoms with E-state index in [4.69, 9.17) is 4.98 Å². The molecule has 1 aromatic heterocycles. The number of nitrogens with zero attached hydrogens (tertiary/aromatic N) is 3. The third-order valence-electron chi connectivity index (χ3n) is 5.71. The monoisotopic (exact) mass is 510 g/mol. The Morgan fingerprint density at radius 3 is 2.86 bits per heavy atom. The average molecular weight is 510 g/mol. The van der Waals surface area contributed by atoms with Gasteiger partial charge in [0.05, 0.1) is 10.7 Å². The van der Waals surface area contributed by atoms with Crippen molar-refractivity contribution in [1.29, 1.82) is 0 Å². The van der Waals surface area contributed by atoms with Gasteiger partial charge in [-0.2, -0.15) is 0 Å². The number of nitrogens with one attached hydrogen (secondary N) is 1. The molecular formula is C22H31IN4S. The van der Waals surface area contributed by atoms with Gasteiger partial charge in [-0.05, 0) is 44.1 Å². The van der Waals surface area contributed by atoms with Crippen LogP contribution in [0.5, 0.6) is 0 Å². The Morgan fingerprint density at radius 2 is 2.07 bits per heavy atom. The number of hydrogen-bond donors (Lipinski definition) is 1. The highest BCUT2D eigenvalue weighted by atomic mass is 127. The molecule has 2 heterocycles. The first-order valence-corrected chi connectivity index (χ1v) is 11.1. The van der Waals surface area contributed by atoms with Crippen LogP contribution in [0, 0.1) is 0 Å². The Hall–Kier alpha value is -1.15. The number of thiazole rings is 1. The molecule has 1 N–H and O–H groups in total. The van der Waals surface area contributed by atoms with Crippen LogP contribution in [0.1, 0.15) is 52.7 Å². The molecule has 0 saturated carbocycles. The zero-order chi connectivity index (χ0) is 18.5. The molecule has 0 radical (unpaired) electrons. The van der Waals surface area contributed by atoms with E-state index in [2.05, 4.69) is 45.5 Å². The molecular weight excluding hydrogens is 479 g/mol. The summed E-state index contributed by atoms with van der Waals surface area (Å²) in [4.78, 5) is 13.3. The number of aryl methyl sites for hydroxylation is 3. The zero-order valence-corrected chi connectivity index (χ0v) is 19.8. The average Bonchev–Trinajstić information content (AvgIpc) is 3.35. The molecule has 1 aromatic carbocycles. The molecule has 28 heavy (non-hydrogen) atoms. The molecule has 6 heteroatoms. The molecule has 0 bridgehead atoms. The number of rotatable bonds is 5. The molecule has 1 atom stereocenters. The lowest BCUT2D eigenvalue weighted by atomic mass is 9.99. The minimum atomic E-state index is 0. The van der Waals surface area contributed by atoms with Gasteiger partial charge in [-0.15, -0.1) is 35.3 Å². The van der Waals surface area contributed by atoms with Gasteiger partial charge in [-0.1, -0.05) is 30.3 Å².